The van der Waals surface area contributed by atoms with Crippen LogP contribution in [-0.2, 0) is 6.61 Å². The van der Waals surface area contributed by atoms with Gasteiger partial charge in [0.1, 0.15) is 18.5 Å². The van der Waals surface area contributed by atoms with Crippen LogP contribution in [0.4, 0.5) is 0 Å². The van der Waals surface area contributed by atoms with Crippen LogP contribution in [0.1, 0.15) is 18.4 Å². The lowest BCUT2D eigenvalue weighted by molar-refractivity contribution is 0.0492. The number of aliphatic hydroxyl groups is 3. The normalized spacial score (nSPS) is 16.5. The monoisotopic (exact) mass is 421 g/mol. The summed E-state index contributed by atoms with van der Waals surface area (Å²) in [5.74, 6) is 1.16. The predicted molar refractivity (Wildman–Crippen MR) is 123 cm³/mol. The van der Waals surface area contributed by atoms with Gasteiger partial charge in [-0.3, -0.25) is 0 Å². The number of ether oxygens (including phenoxy) is 1. The first-order chi connectivity index (χ1) is 15.2. The Hall–Kier alpha value is -2.44. The molecule has 5 heteroatoms. The molecular formula is C26H31NO4. The number of nitrogens with zero attached hydrogens (tertiary/aromatic N) is 1. The van der Waals surface area contributed by atoms with Gasteiger partial charge in [0.05, 0.1) is 6.61 Å². The minimum absolute atomic E-state index is 0.0164. The first-order valence-corrected chi connectivity index (χ1v) is 11.0. The molecule has 0 radical (unpaired) electrons. The second-order valence-corrected chi connectivity index (χ2v) is 8.41. The second kappa shape index (κ2) is 10.2. The summed E-state index contributed by atoms with van der Waals surface area (Å²) in [6.45, 7) is 2.92. The largest absolute Gasteiger partial charge is 0.490 e. The number of rotatable bonds is 8. The van der Waals surface area contributed by atoms with Crippen molar-refractivity contribution in [3.05, 3.63) is 66.2 Å². The predicted octanol–water partition coefficient (Wildman–Crippen LogP) is 3.44. The smallest absolute Gasteiger partial charge is 0.127 e. The number of benzene rings is 3. The summed E-state index contributed by atoms with van der Waals surface area (Å²) in [7, 11) is 0. The lowest BCUT2D eigenvalue weighted by Crippen LogP contribution is -2.41. The van der Waals surface area contributed by atoms with Crippen molar-refractivity contribution in [3.8, 4) is 16.9 Å². The maximum absolute atomic E-state index is 10.5. The van der Waals surface area contributed by atoms with E-state index in [2.05, 4.69) is 11.0 Å². The SMILES string of the molecule is OCc1cccc(-c2ccc(OCC(O)CN3CCC(CO)CC3)c3ccccc23)c1. The quantitative estimate of drug-likeness (QED) is 0.520. The van der Waals surface area contributed by atoms with Crippen molar-refractivity contribution in [2.45, 2.75) is 25.6 Å². The molecule has 0 aromatic heterocycles. The van der Waals surface area contributed by atoms with Gasteiger partial charge >= 0.3 is 0 Å². The Morgan fingerprint density at radius 1 is 0.935 bits per heavy atom. The number of β-amino-alcohol motifs (C(OH)–C–C–N with tert-alkyl or cyclic N) is 1. The minimum Gasteiger partial charge on any atom is -0.490 e. The molecular weight excluding hydrogens is 390 g/mol. The van der Waals surface area contributed by atoms with Crippen molar-refractivity contribution in [2.75, 3.05) is 32.8 Å². The molecule has 0 bridgehead atoms. The van der Waals surface area contributed by atoms with E-state index < -0.39 is 6.10 Å². The van der Waals surface area contributed by atoms with E-state index in [1.807, 2.05) is 54.6 Å². The summed E-state index contributed by atoms with van der Waals surface area (Å²) in [5, 5.41) is 31.3. The first kappa shape index (κ1) is 21.8. The Kier molecular flexibility index (Phi) is 7.20. The van der Waals surface area contributed by atoms with Gasteiger partial charge in [0.2, 0.25) is 0 Å². The molecule has 1 fully saturated rings. The lowest BCUT2D eigenvalue weighted by Gasteiger charge is -2.32. The number of hydrogen-bond acceptors (Lipinski definition) is 5. The molecule has 1 saturated heterocycles. The summed E-state index contributed by atoms with van der Waals surface area (Å²) in [6, 6.07) is 20.0. The van der Waals surface area contributed by atoms with E-state index in [9.17, 15) is 15.3 Å². The van der Waals surface area contributed by atoms with E-state index in [1.54, 1.807) is 0 Å². The average Bonchev–Trinajstić information content (AvgIpc) is 2.83. The third-order valence-corrected chi connectivity index (χ3v) is 6.17. The summed E-state index contributed by atoms with van der Waals surface area (Å²) in [6.07, 6.45) is 1.40. The molecule has 0 spiro atoms. The number of aliphatic hydroxyl groups excluding tert-OH is 3. The highest BCUT2D eigenvalue weighted by Gasteiger charge is 2.21. The fourth-order valence-electron chi connectivity index (χ4n) is 4.37. The van der Waals surface area contributed by atoms with Crippen LogP contribution in [0.15, 0.2) is 60.7 Å². The zero-order chi connectivity index (χ0) is 21.6. The fraction of sp³-hybridized carbons (Fsp3) is 0.385. The van der Waals surface area contributed by atoms with Crippen LogP contribution < -0.4 is 4.74 Å². The zero-order valence-corrected chi connectivity index (χ0v) is 17.8. The molecule has 0 aliphatic carbocycles. The van der Waals surface area contributed by atoms with E-state index in [1.165, 1.54) is 0 Å². The summed E-state index contributed by atoms with van der Waals surface area (Å²) < 4.78 is 6.04. The van der Waals surface area contributed by atoms with Crippen molar-refractivity contribution in [1.82, 2.24) is 4.90 Å². The standard InChI is InChI=1S/C26H31NO4/c28-16-19-10-12-27(13-11-19)15-22(30)18-31-26-9-8-23(24-6-1-2-7-25(24)26)21-5-3-4-20(14-21)17-29/h1-9,14,19,22,28-30H,10-13,15-18H2. The highest BCUT2D eigenvalue weighted by Crippen LogP contribution is 2.35. The topological polar surface area (TPSA) is 73.2 Å². The van der Waals surface area contributed by atoms with Crippen LogP contribution >= 0.6 is 0 Å². The van der Waals surface area contributed by atoms with Gasteiger partial charge in [0.15, 0.2) is 0 Å². The zero-order valence-electron chi connectivity index (χ0n) is 17.8. The Morgan fingerprint density at radius 2 is 1.71 bits per heavy atom. The fourth-order valence-corrected chi connectivity index (χ4v) is 4.37. The van der Waals surface area contributed by atoms with Crippen LogP contribution in [0.3, 0.4) is 0 Å². The van der Waals surface area contributed by atoms with Gasteiger partial charge in [0.25, 0.3) is 0 Å². The van der Waals surface area contributed by atoms with Gasteiger partial charge in [-0.05, 0) is 66.1 Å². The van der Waals surface area contributed by atoms with Crippen molar-refractivity contribution in [3.63, 3.8) is 0 Å². The van der Waals surface area contributed by atoms with Crippen LogP contribution in [0.2, 0.25) is 0 Å². The highest BCUT2D eigenvalue weighted by atomic mass is 16.5. The van der Waals surface area contributed by atoms with Crippen molar-refractivity contribution < 1.29 is 20.1 Å². The van der Waals surface area contributed by atoms with Gasteiger partial charge in [-0.25, -0.2) is 0 Å². The number of hydrogen-bond donors (Lipinski definition) is 3. The average molecular weight is 422 g/mol. The molecule has 1 aliphatic heterocycles. The van der Waals surface area contributed by atoms with Crippen LogP contribution in [0.5, 0.6) is 5.75 Å². The van der Waals surface area contributed by atoms with E-state index >= 15 is 0 Å². The first-order valence-electron chi connectivity index (χ1n) is 11.0. The van der Waals surface area contributed by atoms with Crippen LogP contribution in [-0.4, -0.2) is 59.2 Å². The molecule has 0 amide bonds. The summed E-state index contributed by atoms with van der Waals surface area (Å²) >= 11 is 0. The molecule has 5 nitrogen and oxygen atoms in total. The lowest BCUT2D eigenvalue weighted by atomic mass is 9.96. The molecule has 0 saturated carbocycles. The van der Waals surface area contributed by atoms with Crippen LogP contribution in [0.25, 0.3) is 21.9 Å². The van der Waals surface area contributed by atoms with Gasteiger partial charge in [0, 0.05) is 18.5 Å². The van der Waals surface area contributed by atoms with Gasteiger partial charge in [-0.1, -0.05) is 48.5 Å². The number of piperidine rings is 1. The highest BCUT2D eigenvalue weighted by molar-refractivity contribution is 6.00. The molecule has 1 heterocycles. The second-order valence-electron chi connectivity index (χ2n) is 8.41. The van der Waals surface area contributed by atoms with Crippen molar-refractivity contribution in [2.24, 2.45) is 5.92 Å². The summed E-state index contributed by atoms with van der Waals surface area (Å²) in [5.41, 5.74) is 3.03. The number of fused-ring (bicyclic) bond motifs is 1. The maximum atomic E-state index is 10.5. The third kappa shape index (κ3) is 5.25. The maximum Gasteiger partial charge on any atom is 0.127 e. The Labute approximate surface area is 183 Å². The van der Waals surface area contributed by atoms with Gasteiger partial charge < -0.3 is 25.0 Å². The molecule has 3 aromatic carbocycles. The Morgan fingerprint density at radius 3 is 2.45 bits per heavy atom. The molecule has 1 atom stereocenters. The van der Waals surface area contributed by atoms with Crippen LogP contribution in [0, 0.1) is 5.92 Å². The number of likely N-dealkylation sites (tertiary alicyclic amines) is 1. The molecule has 3 aromatic rings. The van der Waals surface area contributed by atoms with Crippen molar-refractivity contribution in [1.29, 1.82) is 0 Å². The Balaban J connectivity index is 1.46. The van der Waals surface area contributed by atoms with E-state index in [0.29, 0.717) is 12.5 Å². The Bertz CT molecular complexity index is 998. The molecule has 1 aliphatic rings. The van der Waals surface area contributed by atoms with Crippen molar-refractivity contribution >= 4 is 10.8 Å². The van der Waals surface area contributed by atoms with Gasteiger partial charge in [-0.2, -0.15) is 0 Å². The molecule has 4 rings (SSSR count). The molecule has 3 N–H and O–H groups in total. The van der Waals surface area contributed by atoms with Gasteiger partial charge in [-0.15, -0.1) is 0 Å². The van der Waals surface area contributed by atoms with E-state index in [-0.39, 0.29) is 19.8 Å². The summed E-state index contributed by atoms with van der Waals surface area (Å²) in [4.78, 5) is 2.25. The third-order valence-electron chi connectivity index (χ3n) is 6.17. The molecule has 31 heavy (non-hydrogen) atoms. The van der Waals surface area contributed by atoms with E-state index in [4.69, 9.17) is 4.74 Å². The van der Waals surface area contributed by atoms with E-state index in [0.717, 1.165) is 59.1 Å². The minimum atomic E-state index is -0.564. The molecule has 1 unspecified atom stereocenters. The molecule has 164 valence electrons.